The van der Waals surface area contributed by atoms with Gasteiger partial charge in [-0.15, -0.1) is 0 Å². The maximum Gasteiger partial charge on any atom is 0.150 e. The standard InChI is InChI=1S/C11H11ClO2/c12-10-5-7(6-13)1-4-9(10)11(14)8-2-3-8/h1,4-6,8,11,14H,2-3H2. The Hall–Kier alpha value is -0.860. The topological polar surface area (TPSA) is 37.3 Å². The Morgan fingerprint density at radius 3 is 2.71 bits per heavy atom. The van der Waals surface area contributed by atoms with Crippen LogP contribution in [0.1, 0.15) is 34.9 Å². The summed E-state index contributed by atoms with van der Waals surface area (Å²) in [7, 11) is 0. The fourth-order valence-corrected chi connectivity index (χ4v) is 1.82. The molecule has 1 aliphatic rings. The van der Waals surface area contributed by atoms with E-state index in [-0.39, 0.29) is 0 Å². The third-order valence-corrected chi connectivity index (χ3v) is 2.88. The number of aldehydes is 1. The summed E-state index contributed by atoms with van der Waals surface area (Å²) in [5.74, 6) is 0.356. The molecule has 1 aliphatic carbocycles. The van der Waals surface area contributed by atoms with E-state index in [0.29, 0.717) is 16.5 Å². The minimum Gasteiger partial charge on any atom is -0.388 e. The molecule has 0 amide bonds. The lowest BCUT2D eigenvalue weighted by Gasteiger charge is -2.11. The second-order valence-electron chi connectivity index (χ2n) is 3.68. The van der Waals surface area contributed by atoms with Crippen LogP contribution in [-0.4, -0.2) is 11.4 Å². The minimum atomic E-state index is -0.469. The minimum absolute atomic E-state index is 0.356. The van der Waals surface area contributed by atoms with Crippen molar-refractivity contribution >= 4 is 17.9 Å². The van der Waals surface area contributed by atoms with E-state index in [2.05, 4.69) is 0 Å². The van der Waals surface area contributed by atoms with E-state index >= 15 is 0 Å². The van der Waals surface area contributed by atoms with E-state index in [1.807, 2.05) is 0 Å². The number of carbonyl (C=O) groups is 1. The van der Waals surface area contributed by atoms with Gasteiger partial charge in [0.25, 0.3) is 0 Å². The van der Waals surface area contributed by atoms with Crippen molar-refractivity contribution in [3.05, 3.63) is 34.3 Å². The van der Waals surface area contributed by atoms with Crippen LogP contribution in [0.25, 0.3) is 0 Å². The number of benzene rings is 1. The van der Waals surface area contributed by atoms with Gasteiger partial charge in [0.15, 0.2) is 0 Å². The zero-order valence-electron chi connectivity index (χ0n) is 7.61. The molecule has 1 aromatic rings. The first-order chi connectivity index (χ1) is 6.72. The number of aliphatic hydroxyl groups excluding tert-OH is 1. The Bertz CT molecular complexity index is 358. The average molecular weight is 211 g/mol. The summed E-state index contributed by atoms with van der Waals surface area (Å²) in [6.45, 7) is 0. The molecule has 0 heterocycles. The van der Waals surface area contributed by atoms with E-state index in [0.717, 1.165) is 24.7 Å². The van der Waals surface area contributed by atoms with Gasteiger partial charge in [-0.3, -0.25) is 4.79 Å². The molecule has 14 heavy (non-hydrogen) atoms. The molecule has 2 nitrogen and oxygen atoms in total. The summed E-state index contributed by atoms with van der Waals surface area (Å²) in [6.07, 6.45) is 2.40. The summed E-state index contributed by atoms with van der Waals surface area (Å²) in [6, 6.07) is 5.00. The van der Waals surface area contributed by atoms with Crippen LogP contribution in [-0.2, 0) is 0 Å². The van der Waals surface area contributed by atoms with Gasteiger partial charge in [-0.25, -0.2) is 0 Å². The number of hydrogen-bond donors (Lipinski definition) is 1. The summed E-state index contributed by atoms with van der Waals surface area (Å²) in [5.41, 5.74) is 1.28. The van der Waals surface area contributed by atoms with Gasteiger partial charge in [-0.05, 0) is 30.4 Å². The Morgan fingerprint density at radius 2 is 2.21 bits per heavy atom. The second kappa shape index (κ2) is 3.71. The van der Waals surface area contributed by atoms with Crippen LogP contribution in [0, 0.1) is 5.92 Å². The zero-order valence-corrected chi connectivity index (χ0v) is 8.37. The molecule has 2 rings (SSSR count). The number of halogens is 1. The quantitative estimate of drug-likeness (QED) is 0.779. The van der Waals surface area contributed by atoms with Crippen LogP contribution in [0.2, 0.25) is 5.02 Å². The van der Waals surface area contributed by atoms with E-state index in [1.54, 1.807) is 18.2 Å². The van der Waals surface area contributed by atoms with E-state index in [4.69, 9.17) is 11.6 Å². The highest BCUT2D eigenvalue weighted by atomic mass is 35.5. The highest BCUT2D eigenvalue weighted by Gasteiger charge is 2.31. The zero-order chi connectivity index (χ0) is 10.1. The Kier molecular flexibility index (Phi) is 2.57. The van der Waals surface area contributed by atoms with Gasteiger partial charge in [0, 0.05) is 10.6 Å². The third kappa shape index (κ3) is 1.81. The Morgan fingerprint density at radius 1 is 1.50 bits per heavy atom. The Balaban J connectivity index is 2.28. The normalized spacial score (nSPS) is 17.9. The largest absolute Gasteiger partial charge is 0.388 e. The van der Waals surface area contributed by atoms with Crippen LogP contribution >= 0.6 is 11.6 Å². The fourth-order valence-electron chi connectivity index (χ4n) is 1.52. The summed E-state index contributed by atoms with van der Waals surface area (Å²) in [5, 5.41) is 10.3. The maximum absolute atomic E-state index is 10.5. The van der Waals surface area contributed by atoms with Gasteiger partial charge in [0.05, 0.1) is 6.10 Å². The lowest BCUT2D eigenvalue weighted by Crippen LogP contribution is -2.00. The van der Waals surface area contributed by atoms with Crippen molar-refractivity contribution in [2.75, 3.05) is 0 Å². The van der Waals surface area contributed by atoms with Crippen molar-refractivity contribution < 1.29 is 9.90 Å². The van der Waals surface area contributed by atoms with Crippen molar-refractivity contribution in [3.63, 3.8) is 0 Å². The van der Waals surface area contributed by atoms with Crippen molar-refractivity contribution in [1.82, 2.24) is 0 Å². The van der Waals surface area contributed by atoms with Gasteiger partial charge in [0.1, 0.15) is 6.29 Å². The highest BCUT2D eigenvalue weighted by Crippen LogP contribution is 2.42. The molecule has 1 fully saturated rings. The molecule has 74 valence electrons. The molecule has 0 spiro atoms. The fraction of sp³-hybridized carbons (Fsp3) is 0.364. The van der Waals surface area contributed by atoms with Gasteiger partial charge in [-0.2, -0.15) is 0 Å². The molecule has 3 heteroatoms. The number of carbonyl (C=O) groups excluding carboxylic acids is 1. The van der Waals surface area contributed by atoms with Crippen molar-refractivity contribution in [3.8, 4) is 0 Å². The summed E-state index contributed by atoms with van der Waals surface area (Å²) < 4.78 is 0. The molecule has 1 atom stereocenters. The first kappa shape index (κ1) is 9.69. The van der Waals surface area contributed by atoms with E-state index in [1.165, 1.54) is 0 Å². The molecule has 0 aromatic heterocycles. The lowest BCUT2D eigenvalue weighted by molar-refractivity contribution is 0.112. The molecule has 0 radical (unpaired) electrons. The second-order valence-corrected chi connectivity index (χ2v) is 4.09. The van der Waals surface area contributed by atoms with Crippen molar-refractivity contribution in [1.29, 1.82) is 0 Å². The lowest BCUT2D eigenvalue weighted by atomic mass is 10.0. The maximum atomic E-state index is 10.5. The van der Waals surface area contributed by atoms with Gasteiger partial charge in [-0.1, -0.05) is 23.7 Å². The summed E-state index contributed by atoms with van der Waals surface area (Å²) >= 11 is 5.96. The van der Waals surface area contributed by atoms with E-state index in [9.17, 15) is 9.90 Å². The van der Waals surface area contributed by atoms with Crippen LogP contribution in [0.4, 0.5) is 0 Å². The van der Waals surface area contributed by atoms with Gasteiger partial charge >= 0.3 is 0 Å². The predicted molar refractivity (Wildman–Crippen MR) is 54.5 cm³/mol. The number of rotatable bonds is 3. The molecular weight excluding hydrogens is 200 g/mol. The molecule has 0 saturated heterocycles. The first-order valence-electron chi connectivity index (χ1n) is 4.65. The molecule has 0 aliphatic heterocycles. The van der Waals surface area contributed by atoms with Crippen molar-refractivity contribution in [2.45, 2.75) is 18.9 Å². The highest BCUT2D eigenvalue weighted by molar-refractivity contribution is 6.31. The predicted octanol–water partition coefficient (Wildman–Crippen LogP) is 2.60. The van der Waals surface area contributed by atoms with Gasteiger partial charge < -0.3 is 5.11 Å². The van der Waals surface area contributed by atoms with Crippen LogP contribution < -0.4 is 0 Å². The van der Waals surface area contributed by atoms with Crippen LogP contribution in [0.5, 0.6) is 0 Å². The SMILES string of the molecule is O=Cc1ccc(C(O)C2CC2)c(Cl)c1. The van der Waals surface area contributed by atoms with E-state index < -0.39 is 6.10 Å². The van der Waals surface area contributed by atoms with Gasteiger partial charge in [0.2, 0.25) is 0 Å². The van der Waals surface area contributed by atoms with Crippen molar-refractivity contribution in [2.24, 2.45) is 5.92 Å². The first-order valence-corrected chi connectivity index (χ1v) is 5.03. The molecule has 1 unspecified atom stereocenters. The average Bonchev–Trinajstić information content (AvgIpc) is 3.00. The number of hydrogen-bond acceptors (Lipinski definition) is 2. The number of aliphatic hydroxyl groups is 1. The third-order valence-electron chi connectivity index (χ3n) is 2.55. The summed E-state index contributed by atoms with van der Waals surface area (Å²) in [4.78, 5) is 10.5. The molecule has 1 saturated carbocycles. The van der Waals surface area contributed by atoms with Crippen LogP contribution in [0.3, 0.4) is 0 Å². The molecular formula is C11H11ClO2. The Labute approximate surface area is 87.5 Å². The smallest absolute Gasteiger partial charge is 0.150 e. The molecule has 1 N–H and O–H groups in total. The molecule has 1 aromatic carbocycles. The monoisotopic (exact) mass is 210 g/mol. The van der Waals surface area contributed by atoms with Crippen LogP contribution in [0.15, 0.2) is 18.2 Å². The molecule has 0 bridgehead atoms.